The fourth-order valence-corrected chi connectivity index (χ4v) is 0. The van der Waals surface area contributed by atoms with Crippen molar-refractivity contribution in [3.8, 4) is 0 Å². The summed E-state index contributed by atoms with van der Waals surface area (Å²) in [6, 6.07) is 0. The molecule has 0 saturated carbocycles. The van der Waals surface area contributed by atoms with Gasteiger partial charge in [-0.2, -0.15) is 0 Å². The number of hydrogen-bond acceptors (Lipinski definition) is 0. The van der Waals surface area contributed by atoms with Gasteiger partial charge in [0.2, 0.25) is 0 Å². The first kappa shape index (κ1) is 9.26. The molecule has 5 heavy (non-hydrogen) atoms. The Hall–Kier alpha value is 0.816. The van der Waals surface area contributed by atoms with E-state index >= 15 is 0 Å². The maximum Gasteiger partial charge on any atom is 0 e. The predicted octanol–water partition coefficient (Wildman–Crippen LogP) is 1.26. The molecular formula is CoF3Fe. The van der Waals surface area contributed by atoms with Crippen molar-refractivity contribution in [1.29, 1.82) is 0 Å². The van der Waals surface area contributed by atoms with Gasteiger partial charge in [0, 0.05) is 17.1 Å². The van der Waals surface area contributed by atoms with Crippen LogP contribution in [-0.4, -0.2) is 0 Å². The first-order valence-electron chi connectivity index (χ1n) is 0.378. The van der Waals surface area contributed by atoms with Crippen molar-refractivity contribution >= 4 is 0 Å². The third kappa shape index (κ3) is 57.4. The Morgan fingerprint density at radius 2 is 1.00 bits per heavy atom. The zero-order valence-electron chi connectivity index (χ0n) is 1.82. The van der Waals surface area contributed by atoms with E-state index in [2.05, 4.69) is 0 Å². The number of halogens is 3. The van der Waals surface area contributed by atoms with Crippen LogP contribution in [-0.2, 0) is 32.1 Å². The normalized spacial score (nSPS) is 9.00. The van der Waals surface area contributed by atoms with Crippen LogP contribution in [0.2, 0.25) is 0 Å². The Balaban J connectivity index is 0. The van der Waals surface area contributed by atoms with Gasteiger partial charge in [-0.3, -0.25) is 0 Å². The van der Waals surface area contributed by atoms with Crippen LogP contribution in [0, 0.1) is 0 Å². The topological polar surface area (TPSA) is 0 Å². The van der Waals surface area contributed by atoms with E-state index in [-0.39, 0.29) is 17.1 Å². The van der Waals surface area contributed by atoms with E-state index in [0.29, 0.717) is 0 Å². The summed E-state index contributed by atoms with van der Waals surface area (Å²) in [5, 5.41) is 0. The molecule has 0 N–H and O–H groups in total. The molecule has 0 aliphatic carbocycles. The third-order valence-electron chi connectivity index (χ3n) is 0. The van der Waals surface area contributed by atoms with Gasteiger partial charge in [-0.25, -0.2) is 0 Å². The molecule has 0 fully saturated rings. The summed E-state index contributed by atoms with van der Waals surface area (Å²) < 4.78 is 29.2. The second-order valence-electron chi connectivity index (χ2n) is 0.143. The van der Waals surface area contributed by atoms with Gasteiger partial charge in [0.25, 0.3) is 0 Å². The summed E-state index contributed by atoms with van der Waals surface area (Å²) in [6.07, 6.45) is 0. The standard InChI is InChI=1S/Co.3FH.Fe/h;3*1H;/q+3;;;;/p-3. The second kappa shape index (κ2) is 4.82. The molecule has 0 aromatic carbocycles. The molecule has 0 aromatic rings. The first-order chi connectivity index (χ1) is 1.73. The maximum atomic E-state index is 9.73. The van der Waals surface area contributed by atoms with Crippen LogP contribution in [0.5, 0.6) is 0 Å². The Kier molecular flexibility index (Phi) is 8.92. The van der Waals surface area contributed by atoms with Crippen molar-refractivity contribution in [3.63, 3.8) is 0 Å². The van der Waals surface area contributed by atoms with Gasteiger partial charge in [-0.05, 0) is 0 Å². The molecular weight excluding hydrogens is 172 g/mol. The Bertz CT molecular complexity index is 11.6. The van der Waals surface area contributed by atoms with Crippen molar-refractivity contribution < 1.29 is 42.8 Å². The van der Waals surface area contributed by atoms with Crippen molar-refractivity contribution in [1.82, 2.24) is 0 Å². The summed E-state index contributed by atoms with van der Waals surface area (Å²) in [5.41, 5.74) is 0. The summed E-state index contributed by atoms with van der Waals surface area (Å²) in [4.78, 5) is 0. The van der Waals surface area contributed by atoms with Crippen molar-refractivity contribution in [2.75, 3.05) is 0 Å². The molecule has 38 valence electrons. The molecule has 0 saturated heterocycles. The van der Waals surface area contributed by atoms with Gasteiger partial charge in [0.05, 0.1) is 0 Å². The monoisotopic (exact) mass is 172 g/mol. The van der Waals surface area contributed by atoms with Crippen LogP contribution in [0.1, 0.15) is 0 Å². The molecule has 5 heteroatoms. The molecule has 0 radical (unpaired) electrons. The van der Waals surface area contributed by atoms with Crippen LogP contribution in [0.3, 0.4) is 0 Å². The van der Waals surface area contributed by atoms with E-state index < -0.39 is 15.0 Å². The van der Waals surface area contributed by atoms with Crippen LogP contribution < -0.4 is 0 Å². The summed E-state index contributed by atoms with van der Waals surface area (Å²) in [7, 11) is 0. The Labute approximate surface area is 43.3 Å². The van der Waals surface area contributed by atoms with Crippen LogP contribution in [0.4, 0.5) is 10.7 Å². The summed E-state index contributed by atoms with van der Waals surface area (Å²) in [5.74, 6) is 0. The van der Waals surface area contributed by atoms with E-state index in [1.807, 2.05) is 0 Å². The molecule has 0 aromatic heterocycles. The Morgan fingerprint density at radius 1 is 1.00 bits per heavy atom. The SMILES string of the molecule is [F][Co]([F])[F].[Fe]. The summed E-state index contributed by atoms with van der Waals surface area (Å²) >= 11 is -4.10. The minimum absolute atomic E-state index is 0. The van der Waals surface area contributed by atoms with Gasteiger partial charge in [0.15, 0.2) is 0 Å². The molecule has 0 spiro atoms. The van der Waals surface area contributed by atoms with Crippen molar-refractivity contribution in [2.45, 2.75) is 0 Å². The van der Waals surface area contributed by atoms with E-state index in [4.69, 9.17) is 0 Å². The fraction of sp³-hybridized carbons (Fsp3) is 0. The fourth-order valence-electron chi connectivity index (χ4n) is 0. The van der Waals surface area contributed by atoms with Crippen molar-refractivity contribution in [3.05, 3.63) is 0 Å². The van der Waals surface area contributed by atoms with Crippen molar-refractivity contribution in [2.24, 2.45) is 0 Å². The molecule has 0 unspecified atom stereocenters. The molecule has 0 nitrogen and oxygen atoms in total. The molecule has 0 amide bonds. The van der Waals surface area contributed by atoms with Gasteiger partial charge >= 0.3 is 25.7 Å². The van der Waals surface area contributed by atoms with Crippen LogP contribution >= 0.6 is 0 Å². The van der Waals surface area contributed by atoms with Gasteiger partial charge in [-0.15, -0.1) is 0 Å². The number of hydrogen-bond donors (Lipinski definition) is 0. The van der Waals surface area contributed by atoms with Gasteiger partial charge in [0.1, 0.15) is 0 Å². The summed E-state index contributed by atoms with van der Waals surface area (Å²) in [6.45, 7) is 0. The maximum absolute atomic E-state index is 9.73. The first-order valence-corrected chi connectivity index (χ1v) is 1.56. The molecule has 0 atom stereocenters. The zero-order chi connectivity index (χ0) is 3.58. The number of rotatable bonds is 0. The van der Waals surface area contributed by atoms with E-state index in [0.717, 1.165) is 0 Å². The molecule has 0 rings (SSSR count). The molecule has 0 heterocycles. The minimum Gasteiger partial charge on any atom is 0 e. The van der Waals surface area contributed by atoms with Gasteiger partial charge in [-0.1, -0.05) is 0 Å². The average molecular weight is 172 g/mol. The van der Waals surface area contributed by atoms with Gasteiger partial charge < -0.3 is 0 Å². The predicted molar refractivity (Wildman–Crippen MR) is 3.32 cm³/mol. The average Bonchev–Trinajstić information content (AvgIpc) is 0.811. The minimum atomic E-state index is -4.10. The smallest absolute Gasteiger partial charge is 0 e. The molecule has 0 aliphatic heterocycles. The molecule has 0 aliphatic rings. The second-order valence-corrected chi connectivity index (χ2v) is 0.589. The molecule has 0 bridgehead atoms. The van der Waals surface area contributed by atoms with E-state index in [9.17, 15) is 10.7 Å². The zero-order valence-corrected chi connectivity index (χ0v) is 3.97. The Morgan fingerprint density at radius 3 is 1.00 bits per heavy atom. The van der Waals surface area contributed by atoms with Crippen LogP contribution in [0.15, 0.2) is 0 Å². The quantitative estimate of drug-likeness (QED) is 0.482. The largest absolute Gasteiger partial charge is 0 e. The van der Waals surface area contributed by atoms with E-state index in [1.54, 1.807) is 0 Å². The van der Waals surface area contributed by atoms with E-state index in [1.165, 1.54) is 0 Å². The third-order valence-corrected chi connectivity index (χ3v) is 0. The van der Waals surface area contributed by atoms with Crippen LogP contribution in [0.25, 0.3) is 0 Å².